The number of rotatable bonds is 8. The quantitative estimate of drug-likeness (QED) is 0.247. The Balaban J connectivity index is 0.00000363. The molecule has 1 heterocycles. The normalized spacial score (nSPS) is 11.7. The molecule has 3 aromatic rings. The molecule has 0 unspecified atom stereocenters. The van der Waals surface area contributed by atoms with E-state index in [9.17, 15) is 8.42 Å². The molecule has 0 atom stereocenters. The van der Waals surface area contributed by atoms with Crippen LogP contribution in [0.2, 0.25) is 0 Å². The van der Waals surface area contributed by atoms with E-state index < -0.39 is 9.84 Å². The number of aryl methyl sites for hydroxylation is 1. The lowest BCUT2D eigenvalue weighted by Crippen LogP contribution is -2.36. The van der Waals surface area contributed by atoms with Crippen molar-refractivity contribution in [2.75, 3.05) is 12.8 Å². The van der Waals surface area contributed by atoms with Crippen molar-refractivity contribution in [2.45, 2.75) is 38.4 Å². The number of guanidine groups is 1. The Bertz CT molecular complexity index is 1130. The third-order valence-corrected chi connectivity index (χ3v) is 6.07. The molecular formula is C23H30IN5O2S. The average molecular weight is 567 g/mol. The van der Waals surface area contributed by atoms with Crippen LogP contribution in [0, 0.1) is 6.92 Å². The van der Waals surface area contributed by atoms with Gasteiger partial charge < -0.3 is 15.2 Å². The molecule has 3 rings (SSSR count). The van der Waals surface area contributed by atoms with Gasteiger partial charge in [0, 0.05) is 38.3 Å². The zero-order valence-electron chi connectivity index (χ0n) is 18.6. The highest BCUT2D eigenvalue weighted by atomic mass is 127. The number of imidazole rings is 1. The van der Waals surface area contributed by atoms with Crippen LogP contribution in [0.4, 0.5) is 0 Å². The highest BCUT2D eigenvalue weighted by Crippen LogP contribution is 2.17. The topological polar surface area (TPSA) is 88.4 Å². The summed E-state index contributed by atoms with van der Waals surface area (Å²) in [4.78, 5) is 9.06. The highest BCUT2D eigenvalue weighted by Gasteiger charge is 2.10. The second-order valence-corrected chi connectivity index (χ2v) is 9.46. The Morgan fingerprint density at radius 3 is 2.34 bits per heavy atom. The molecule has 0 amide bonds. The molecule has 7 nitrogen and oxygen atoms in total. The van der Waals surface area contributed by atoms with E-state index >= 15 is 0 Å². The summed E-state index contributed by atoms with van der Waals surface area (Å²) in [5.41, 5.74) is 4.08. The first kappa shape index (κ1) is 25.9. The van der Waals surface area contributed by atoms with Crippen LogP contribution in [0.3, 0.4) is 0 Å². The Labute approximate surface area is 207 Å². The zero-order chi connectivity index (χ0) is 22.3. The number of nitrogens with one attached hydrogen (secondary N) is 2. The summed E-state index contributed by atoms with van der Waals surface area (Å²) in [5, 5.41) is 6.60. The van der Waals surface area contributed by atoms with Gasteiger partial charge in [-0.15, -0.1) is 24.0 Å². The van der Waals surface area contributed by atoms with Crippen molar-refractivity contribution in [3.8, 4) is 0 Å². The van der Waals surface area contributed by atoms with Crippen LogP contribution < -0.4 is 10.6 Å². The van der Waals surface area contributed by atoms with Gasteiger partial charge in [0.15, 0.2) is 15.8 Å². The van der Waals surface area contributed by atoms with E-state index in [4.69, 9.17) is 0 Å². The monoisotopic (exact) mass is 567 g/mol. The van der Waals surface area contributed by atoms with Gasteiger partial charge in [0.25, 0.3) is 0 Å². The van der Waals surface area contributed by atoms with Crippen molar-refractivity contribution in [2.24, 2.45) is 4.99 Å². The van der Waals surface area contributed by atoms with Crippen molar-refractivity contribution in [3.05, 3.63) is 83.4 Å². The van der Waals surface area contributed by atoms with E-state index in [-0.39, 0.29) is 24.0 Å². The first-order valence-corrected chi connectivity index (χ1v) is 12.1. The number of nitrogens with zero attached hydrogens (tertiary/aromatic N) is 3. The number of hydrogen-bond acceptors (Lipinski definition) is 4. The minimum atomic E-state index is -3.21. The highest BCUT2D eigenvalue weighted by molar-refractivity contribution is 14.0. The lowest BCUT2D eigenvalue weighted by Gasteiger charge is -2.12. The van der Waals surface area contributed by atoms with Crippen LogP contribution in [-0.2, 0) is 29.5 Å². The second-order valence-electron chi connectivity index (χ2n) is 7.47. The van der Waals surface area contributed by atoms with E-state index in [1.807, 2.05) is 43.1 Å². The number of halogens is 1. The van der Waals surface area contributed by atoms with Gasteiger partial charge in [-0.3, -0.25) is 0 Å². The molecule has 0 aliphatic carbocycles. The zero-order valence-corrected chi connectivity index (χ0v) is 21.7. The SMILES string of the molecule is CCNC(=NCc1ccc(S(C)(=O)=O)c(C)c1)NCc1ccc(Cn2ccnc2)cc1.I. The van der Waals surface area contributed by atoms with Crippen molar-refractivity contribution in [3.63, 3.8) is 0 Å². The Morgan fingerprint density at radius 2 is 1.75 bits per heavy atom. The smallest absolute Gasteiger partial charge is 0.191 e. The Morgan fingerprint density at radius 1 is 1.06 bits per heavy atom. The van der Waals surface area contributed by atoms with Gasteiger partial charge in [-0.05, 0) is 42.2 Å². The second kappa shape index (κ2) is 12.0. The lowest BCUT2D eigenvalue weighted by molar-refractivity contribution is 0.601. The van der Waals surface area contributed by atoms with E-state index in [0.29, 0.717) is 18.0 Å². The minimum absolute atomic E-state index is 0. The fraction of sp³-hybridized carbons (Fsp3) is 0.304. The fourth-order valence-electron chi connectivity index (χ4n) is 3.28. The van der Waals surface area contributed by atoms with Crippen LogP contribution in [-0.4, -0.2) is 36.7 Å². The molecule has 2 aromatic carbocycles. The van der Waals surface area contributed by atoms with Gasteiger partial charge in [-0.2, -0.15) is 0 Å². The summed E-state index contributed by atoms with van der Waals surface area (Å²) < 4.78 is 25.6. The lowest BCUT2D eigenvalue weighted by atomic mass is 10.1. The summed E-state index contributed by atoms with van der Waals surface area (Å²) in [5.74, 6) is 0.717. The Kier molecular flexibility index (Phi) is 9.70. The third-order valence-electron chi connectivity index (χ3n) is 4.81. The van der Waals surface area contributed by atoms with Gasteiger partial charge in [-0.1, -0.05) is 36.4 Å². The first-order chi connectivity index (χ1) is 14.8. The van der Waals surface area contributed by atoms with E-state index in [1.54, 1.807) is 12.3 Å². The molecule has 172 valence electrons. The third kappa shape index (κ3) is 7.63. The summed E-state index contributed by atoms with van der Waals surface area (Å²) in [6, 6.07) is 13.8. The van der Waals surface area contributed by atoms with E-state index in [1.165, 1.54) is 11.8 Å². The van der Waals surface area contributed by atoms with Gasteiger partial charge >= 0.3 is 0 Å². The number of aromatic nitrogens is 2. The molecule has 0 spiro atoms. The van der Waals surface area contributed by atoms with Crippen molar-refractivity contribution in [1.29, 1.82) is 0 Å². The first-order valence-electron chi connectivity index (χ1n) is 10.2. The summed E-state index contributed by atoms with van der Waals surface area (Å²) in [7, 11) is -3.21. The molecule has 9 heteroatoms. The predicted molar refractivity (Wildman–Crippen MR) is 139 cm³/mol. The molecule has 32 heavy (non-hydrogen) atoms. The Hall–Kier alpha value is -2.40. The van der Waals surface area contributed by atoms with Gasteiger partial charge in [0.05, 0.1) is 17.8 Å². The van der Waals surface area contributed by atoms with Crippen molar-refractivity contribution >= 4 is 39.8 Å². The van der Waals surface area contributed by atoms with Gasteiger partial charge in [0.2, 0.25) is 0 Å². The van der Waals surface area contributed by atoms with Crippen LogP contribution >= 0.6 is 24.0 Å². The number of benzene rings is 2. The molecule has 0 aliphatic rings. The standard InChI is InChI=1S/C23H29N5O2S.HI/c1-4-25-23(27-15-21-9-10-22(18(2)13-21)31(3,29)30)26-14-19-5-7-20(8-6-19)16-28-12-11-24-17-28;/h5-13,17H,4,14-16H2,1-3H3,(H2,25,26,27);1H. The molecular weight excluding hydrogens is 537 g/mol. The fourth-order valence-corrected chi connectivity index (χ4v) is 4.24. The van der Waals surface area contributed by atoms with E-state index in [0.717, 1.165) is 35.7 Å². The summed E-state index contributed by atoms with van der Waals surface area (Å²) in [6.07, 6.45) is 6.77. The van der Waals surface area contributed by atoms with Crippen LogP contribution in [0.5, 0.6) is 0 Å². The van der Waals surface area contributed by atoms with Crippen molar-refractivity contribution < 1.29 is 8.42 Å². The molecule has 0 saturated carbocycles. The maximum Gasteiger partial charge on any atom is 0.191 e. The predicted octanol–water partition coefficient (Wildman–Crippen LogP) is 3.52. The van der Waals surface area contributed by atoms with Gasteiger partial charge in [0.1, 0.15) is 0 Å². The van der Waals surface area contributed by atoms with Gasteiger partial charge in [-0.25, -0.2) is 18.4 Å². The maximum absolute atomic E-state index is 11.8. The number of hydrogen-bond donors (Lipinski definition) is 2. The molecule has 0 saturated heterocycles. The summed E-state index contributed by atoms with van der Waals surface area (Å²) >= 11 is 0. The molecule has 2 N–H and O–H groups in total. The van der Waals surface area contributed by atoms with Crippen molar-refractivity contribution in [1.82, 2.24) is 20.2 Å². The largest absolute Gasteiger partial charge is 0.357 e. The number of aliphatic imine (C=N–C) groups is 1. The molecule has 0 radical (unpaired) electrons. The maximum atomic E-state index is 11.8. The van der Waals surface area contributed by atoms with Crippen LogP contribution in [0.15, 0.2) is 71.1 Å². The molecule has 0 fully saturated rings. The molecule has 0 aliphatic heterocycles. The summed E-state index contributed by atoms with van der Waals surface area (Å²) in [6.45, 7) is 6.50. The van der Waals surface area contributed by atoms with E-state index in [2.05, 4.69) is 44.9 Å². The van der Waals surface area contributed by atoms with Crippen LogP contribution in [0.25, 0.3) is 0 Å². The molecule has 1 aromatic heterocycles. The molecule has 0 bridgehead atoms. The minimum Gasteiger partial charge on any atom is -0.357 e. The van der Waals surface area contributed by atoms with Crippen LogP contribution in [0.1, 0.15) is 29.2 Å². The average Bonchev–Trinajstić information content (AvgIpc) is 3.23. The number of sulfone groups is 1.